The Hall–Kier alpha value is -1.99. The number of amides is 1. The lowest BCUT2D eigenvalue weighted by molar-refractivity contribution is -0.132. The van der Waals surface area contributed by atoms with E-state index in [-0.39, 0.29) is 11.7 Å². The Balaban J connectivity index is 1.85. The Morgan fingerprint density at radius 3 is 3.09 bits per heavy atom. The van der Waals surface area contributed by atoms with Gasteiger partial charge in [-0.05, 0) is 26.1 Å². The molecule has 1 saturated heterocycles. The minimum Gasteiger partial charge on any atom is -0.366 e. The number of carbonyl (C=O) groups excluding carboxylic acids is 1. The van der Waals surface area contributed by atoms with E-state index in [1.165, 1.54) is 12.1 Å². The van der Waals surface area contributed by atoms with Gasteiger partial charge < -0.3 is 14.2 Å². The van der Waals surface area contributed by atoms with Crippen molar-refractivity contribution in [1.29, 1.82) is 0 Å². The molecule has 2 aromatic rings. The van der Waals surface area contributed by atoms with Gasteiger partial charge in [-0.2, -0.15) is 0 Å². The summed E-state index contributed by atoms with van der Waals surface area (Å²) in [6, 6.07) is 4.42. The van der Waals surface area contributed by atoms with Gasteiger partial charge in [0.25, 0.3) is 5.91 Å². The highest BCUT2D eigenvalue weighted by molar-refractivity contribution is 5.94. The number of morpholine rings is 1. The summed E-state index contributed by atoms with van der Waals surface area (Å²) in [5.41, 5.74) is 1.32. The molecule has 1 atom stereocenters. The second-order valence-corrected chi connectivity index (χ2v) is 5.42. The smallest absolute Gasteiger partial charge is 0.257 e. The standard InChI is InChI=1S/C15H19FN4O2/c1-3-20-12-5-4-10(16)8-11(12)17-15(20)18-14(21)13-9-19(2)6-7-22-13/h4-5,8,13H,3,6-7,9H2,1-2H3,(H,17,18,21)/t13-/m0/s1. The molecule has 1 aliphatic heterocycles. The monoisotopic (exact) mass is 306 g/mol. The number of nitrogens with zero attached hydrogens (tertiary/aromatic N) is 3. The van der Waals surface area contributed by atoms with Gasteiger partial charge in [0.1, 0.15) is 11.9 Å². The van der Waals surface area contributed by atoms with Crippen LogP contribution in [-0.2, 0) is 16.1 Å². The predicted octanol–water partition coefficient (Wildman–Crippen LogP) is 1.46. The molecule has 7 heteroatoms. The molecule has 1 aromatic heterocycles. The summed E-state index contributed by atoms with van der Waals surface area (Å²) in [5.74, 6) is -0.148. The topological polar surface area (TPSA) is 59.4 Å². The summed E-state index contributed by atoms with van der Waals surface area (Å²) in [4.78, 5) is 18.7. The number of aromatic nitrogens is 2. The molecular formula is C15H19FN4O2. The van der Waals surface area contributed by atoms with E-state index in [4.69, 9.17) is 4.74 Å². The summed E-state index contributed by atoms with van der Waals surface area (Å²) in [5, 5.41) is 2.80. The van der Waals surface area contributed by atoms with Gasteiger partial charge in [0, 0.05) is 25.7 Å². The number of aryl methyl sites for hydroxylation is 1. The zero-order valence-electron chi connectivity index (χ0n) is 12.7. The van der Waals surface area contributed by atoms with Gasteiger partial charge in [0.05, 0.1) is 17.6 Å². The highest BCUT2D eigenvalue weighted by atomic mass is 19.1. The average molecular weight is 306 g/mol. The molecule has 1 N–H and O–H groups in total. The number of nitrogens with one attached hydrogen (secondary N) is 1. The van der Waals surface area contributed by atoms with E-state index in [2.05, 4.69) is 10.3 Å². The van der Waals surface area contributed by atoms with Crippen molar-refractivity contribution in [3.8, 4) is 0 Å². The van der Waals surface area contributed by atoms with Crippen LogP contribution in [0.25, 0.3) is 11.0 Å². The molecule has 0 spiro atoms. The van der Waals surface area contributed by atoms with E-state index in [1.807, 2.05) is 23.4 Å². The number of rotatable bonds is 3. The van der Waals surface area contributed by atoms with Gasteiger partial charge in [-0.15, -0.1) is 0 Å². The maximum absolute atomic E-state index is 13.3. The fraction of sp³-hybridized carbons (Fsp3) is 0.467. The predicted molar refractivity (Wildman–Crippen MR) is 81.2 cm³/mol. The number of imidazole rings is 1. The molecule has 1 aliphatic rings. The van der Waals surface area contributed by atoms with Crippen molar-refractivity contribution in [2.75, 3.05) is 32.1 Å². The normalized spacial score (nSPS) is 19.5. The molecular weight excluding hydrogens is 287 g/mol. The van der Waals surface area contributed by atoms with Crippen molar-refractivity contribution in [3.63, 3.8) is 0 Å². The Morgan fingerprint density at radius 1 is 1.55 bits per heavy atom. The Bertz CT molecular complexity index is 700. The van der Waals surface area contributed by atoms with Crippen molar-refractivity contribution >= 4 is 22.9 Å². The van der Waals surface area contributed by atoms with Crippen LogP contribution in [0.15, 0.2) is 18.2 Å². The number of carbonyl (C=O) groups is 1. The first-order valence-electron chi connectivity index (χ1n) is 7.35. The molecule has 0 saturated carbocycles. The molecule has 22 heavy (non-hydrogen) atoms. The van der Waals surface area contributed by atoms with E-state index in [9.17, 15) is 9.18 Å². The maximum atomic E-state index is 13.3. The molecule has 1 amide bonds. The minimum absolute atomic E-state index is 0.225. The molecule has 0 radical (unpaired) electrons. The highest BCUT2D eigenvalue weighted by Crippen LogP contribution is 2.21. The molecule has 2 heterocycles. The number of ether oxygens (including phenoxy) is 1. The number of hydrogen-bond donors (Lipinski definition) is 1. The summed E-state index contributed by atoms with van der Waals surface area (Å²) in [6.45, 7) is 4.47. The zero-order chi connectivity index (χ0) is 15.7. The molecule has 1 fully saturated rings. The number of hydrogen-bond acceptors (Lipinski definition) is 4. The lowest BCUT2D eigenvalue weighted by atomic mass is 10.2. The first-order chi connectivity index (χ1) is 10.6. The van der Waals surface area contributed by atoms with Crippen molar-refractivity contribution in [3.05, 3.63) is 24.0 Å². The average Bonchev–Trinajstić information content (AvgIpc) is 2.83. The van der Waals surface area contributed by atoms with Crippen molar-refractivity contribution < 1.29 is 13.9 Å². The second kappa shape index (κ2) is 6.02. The van der Waals surface area contributed by atoms with Crippen molar-refractivity contribution in [1.82, 2.24) is 14.5 Å². The first-order valence-corrected chi connectivity index (χ1v) is 7.35. The number of anilines is 1. The van der Waals surface area contributed by atoms with Crippen LogP contribution in [0.1, 0.15) is 6.92 Å². The van der Waals surface area contributed by atoms with Crippen molar-refractivity contribution in [2.24, 2.45) is 0 Å². The largest absolute Gasteiger partial charge is 0.366 e. The molecule has 0 unspecified atom stereocenters. The van der Waals surface area contributed by atoms with Gasteiger partial charge in [0.15, 0.2) is 0 Å². The third kappa shape index (κ3) is 2.82. The highest BCUT2D eigenvalue weighted by Gasteiger charge is 2.26. The molecule has 6 nitrogen and oxygen atoms in total. The van der Waals surface area contributed by atoms with Gasteiger partial charge in [-0.1, -0.05) is 0 Å². The van der Waals surface area contributed by atoms with Gasteiger partial charge in [-0.25, -0.2) is 9.37 Å². The third-order valence-corrected chi connectivity index (χ3v) is 3.82. The van der Waals surface area contributed by atoms with Gasteiger partial charge in [0.2, 0.25) is 5.95 Å². The number of benzene rings is 1. The van der Waals surface area contributed by atoms with Gasteiger partial charge in [-0.3, -0.25) is 10.1 Å². The number of halogens is 1. The molecule has 1 aromatic carbocycles. The van der Waals surface area contributed by atoms with Crippen LogP contribution >= 0.6 is 0 Å². The van der Waals surface area contributed by atoms with E-state index < -0.39 is 6.10 Å². The van der Waals surface area contributed by atoms with Crippen LogP contribution in [0.5, 0.6) is 0 Å². The van der Waals surface area contributed by atoms with E-state index in [0.29, 0.717) is 31.2 Å². The minimum atomic E-state index is -0.513. The van der Waals surface area contributed by atoms with Crippen LogP contribution in [0.4, 0.5) is 10.3 Å². The van der Waals surface area contributed by atoms with Crippen LogP contribution in [0.3, 0.4) is 0 Å². The summed E-state index contributed by atoms with van der Waals surface area (Å²) >= 11 is 0. The SMILES string of the molecule is CCn1c(NC(=O)[C@@H]2CN(C)CCO2)nc2cc(F)ccc21. The fourth-order valence-corrected chi connectivity index (χ4v) is 2.65. The van der Waals surface area contributed by atoms with Crippen LogP contribution < -0.4 is 5.32 Å². The van der Waals surface area contributed by atoms with E-state index in [1.54, 1.807) is 6.07 Å². The Kier molecular flexibility index (Phi) is 4.08. The fourth-order valence-electron chi connectivity index (χ4n) is 2.65. The Morgan fingerprint density at radius 2 is 2.36 bits per heavy atom. The summed E-state index contributed by atoms with van der Waals surface area (Å²) in [7, 11) is 1.95. The van der Waals surface area contributed by atoms with E-state index >= 15 is 0 Å². The number of fused-ring (bicyclic) bond motifs is 1. The summed E-state index contributed by atoms with van der Waals surface area (Å²) in [6.07, 6.45) is -0.513. The maximum Gasteiger partial charge on any atom is 0.257 e. The molecule has 3 rings (SSSR count). The number of likely N-dealkylation sites (N-methyl/N-ethyl adjacent to an activating group) is 1. The first kappa shape index (κ1) is 14.9. The van der Waals surface area contributed by atoms with Gasteiger partial charge >= 0.3 is 0 Å². The second-order valence-electron chi connectivity index (χ2n) is 5.42. The third-order valence-electron chi connectivity index (χ3n) is 3.82. The summed E-state index contributed by atoms with van der Waals surface area (Å²) < 4.78 is 20.7. The molecule has 0 bridgehead atoms. The quantitative estimate of drug-likeness (QED) is 0.933. The van der Waals surface area contributed by atoms with Crippen molar-refractivity contribution in [2.45, 2.75) is 19.6 Å². The van der Waals surface area contributed by atoms with E-state index in [0.717, 1.165) is 12.1 Å². The molecule has 118 valence electrons. The molecule has 0 aliphatic carbocycles. The lowest BCUT2D eigenvalue weighted by Gasteiger charge is -2.28. The van der Waals surface area contributed by atoms with Crippen LogP contribution in [0.2, 0.25) is 0 Å². The zero-order valence-corrected chi connectivity index (χ0v) is 12.7. The van der Waals surface area contributed by atoms with Crippen LogP contribution in [-0.4, -0.2) is 53.2 Å². The lowest BCUT2D eigenvalue weighted by Crippen LogP contribution is -2.46. The van der Waals surface area contributed by atoms with Crippen LogP contribution in [0, 0.1) is 5.82 Å². The Labute approximate surface area is 127 Å².